The molecule has 1 aliphatic rings. The van der Waals surface area contributed by atoms with E-state index in [0.29, 0.717) is 16.8 Å². The molecule has 1 amide bonds. The summed E-state index contributed by atoms with van der Waals surface area (Å²) in [6.07, 6.45) is 0. The normalized spacial score (nSPS) is 17.8. The van der Waals surface area contributed by atoms with Crippen LogP contribution in [0, 0.1) is 0 Å². The molecule has 3 aromatic carbocycles. The maximum atomic E-state index is 14.5. The number of nitrogens with zero attached hydrogens (tertiary/aromatic N) is 1. The molecule has 0 fully saturated rings. The lowest BCUT2D eigenvalue weighted by Crippen LogP contribution is -2.40. The van der Waals surface area contributed by atoms with Crippen LogP contribution in [0.4, 0.5) is 14.5 Å². The minimum Gasteiger partial charge on any atom is -0.374 e. The molecule has 0 saturated carbocycles. The average molecular weight is 397 g/mol. The summed E-state index contributed by atoms with van der Waals surface area (Å²) in [7, 11) is 3.05. The fourth-order valence-corrected chi connectivity index (χ4v) is 4.02. The van der Waals surface area contributed by atoms with Gasteiger partial charge in [0.2, 0.25) is 0 Å². The van der Waals surface area contributed by atoms with E-state index < -0.39 is 11.3 Å². The van der Waals surface area contributed by atoms with Crippen LogP contribution in [0.2, 0.25) is 0 Å². The largest absolute Gasteiger partial charge is 0.374 e. The van der Waals surface area contributed by atoms with E-state index in [0.717, 1.165) is 0 Å². The van der Waals surface area contributed by atoms with Gasteiger partial charge in [-0.15, -0.1) is 0 Å². The van der Waals surface area contributed by atoms with Crippen molar-refractivity contribution in [3.05, 3.63) is 89.5 Å². The van der Waals surface area contributed by atoms with Crippen LogP contribution in [0.5, 0.6) is 0 Å². The van der Waals surface area contributed by atoms with E-state index in [1.165, 1.54) is 26.3 Å². The zero-order valence-corrected chi connectivity index (χ0v) is 16.2. The van der Waals surface area contributed by atoms with Crippen LogP contribution in [-0.4, -0.2) is 23.7 Å². The Morgan fingerprint density at radius 1 is 0.964 bits per heavy atom. The molecular weight excluding hydrogens is 379 g/mol. The minimum atomic E-state index is -3.51. The monoisotopic (exact) mass is 397 g/mol. The van der Waals surface area contributed by atoms with Crippen molar-refractivity contribution in [2.45, 2.75) is 11.3 Å². The van der Waals surface area contributed by atoms with Crippen LogP contribution < -0.4 is 4.90 Å². The Morgan fingerprint density at radius 2 is 1.57 bits per heavy atom. The molecule has 0 heterocycles. The number of amides is 1. The summed E-state index contributed by atoms with van der Waals surface area (Å²) in [6.45, 7) is 0. The predicted molar refractivity (Wildman–Crippen MR) is 109 cm³/mol. The lowest BCUT2D eigenvalue weighted by atomic mass is 9.90. The highest BCUT2D eigenvalue weighted by atomic mass is 31.0. The summed E-state index contributed by atoms with van der Waals surface area (Å²) in [5, 5.41) is 11.1. The first-order chi connectivity index (χ1) is 13.2. The number of para-hydroxylation sites is 1. The molecule has 142 valence electrons. The van der Waals surface area contributed by atoms with Gasteiger partial charge >= 0.3 is 0 Å². The number of alkyl halides is 2. The average Bonchev–Trinajstić information content (AvgIpc) is 2.97. The van der Waals surface area contributed by atoms with E-state index in [9.17, 15) is 18.7 Å². The van der Waals surface area contributed by atoms with Gasteiger partial charge in [-0.2, -0.15) is 8.78 Å². The lowest BCUT2D eigenvalue weighted by molar-refractivity contribution is -0.0964. The number of hydrogen-bond acceptors (Lipinski definition) is 2. The first-order valence-corrected chi connectivity index (χ1v) is 9.29. The summed E-state index contributed by atoms with van der Waals surface area (Å²) >= 11 is 0. The molecule has 2 unspecified atom stereocenters. The van der Waals surface area contributed by atoms with Crippen LogP contribution in [0.25, 0.3) is 11.1 Å². The van der Waals surface area contributed by atoms with Gasteiger partial charge in [-0.05, 0) is 35.4 Å². The third-order valence-corrected chi connectivity index (χ3v) is 5.61. The van der Waals surface area contributed by atoms with E-state index >= 15 is 0 Å². The van der Waals surface area contributed by atoms with Crippen LogP contribution in [0.15, 0.2) is 72.8 Å². The fourth-order valence-electron chi connectivity index (χ4n) is 3.71. The molecule has 1 N–H and O–H groups in total. The van der Waals surface area contributed by atoms with Crippen molar-refractivity contribution >= 4 is 20.8 Å². The molecular formula is C22H18F2NO2P. The Labute approximate surface area is 163 Å². The smallest absolute Gasteiger partial charge is 0.295 e. The maximum absolute atomic E-state index is 14.5. The van der Waals surface area contributed by atoms with E-state index in [1.54, 1.807) is 49.5 Å². The van der Waals surface area contributed by atoms with E-state index in [-0.39, 0.29) is 22.6 Å². The van der Waals surface area contributed by atoms with Crippen molar-refractivity contribution < 1.29 is 18.7 Å². The fraction of sp³-hybridized carbons (Fsp3) is 0.136. The highest BCUT2D eigenvalue weighted by Gasteiger charge is 2.56. The van der Waals surface area contributed by atoms with Gasteiger partial charge in [0.1, 0.15) is 0 Å². The number of anilines is 1. The molecule has 3 nitrogen and oxygen atoms in total. The van der Waals surface area contributed by atoms with Crippen molar-refractivity contribution in [2.75, 3.05) is 11.9 Å². The lowest BCUT2D eigenvalue weighted by Gasteiger charge is -2.32. The number of carbonyl (C=O) groups excluding carboxylic acids is 1. The van der Waals surface area contributed by atoms with Crippen LogP contribution in [0.3, 0.4) is 0 Å². The van der Waals surface area contributed by atoms with E-state index in [4.69, 9.17) is 0 Å². The molecule has 4 rings (SSSR count). The number of benzene rings is 3. The highest BCUT2D eigenvalue weighted by molar-refractivity contribution is 7.18. The van der Waals surface area contributed by atoms with Gasteiger partial charge in [-0.1, -0.05) is 57.8 Å². The Morgan fingerprint density at radius 3 is 2.25 bits per heavy atom. The Kier molecular flexibility index (Phi) is 4.33. The summed E-state index contributed by atoms with van der Waals surface area (Å²) in [5.41, 5.74) is -3.93. The van der Waals surface area contributed by atoms with Crippen LogP contribution in [0.1, 0.15) is 21.5 Å². The van der Waals surface area contributed by atoms with E-state index in [2.05, 4.69) is 0 Å². The highest BCUT2D eigenvalue weighted by Crippen LogP contribution is 2.56. The quantitative estimate of drug-likeness (QED) is 0.654. The summed E-state index contributed by atoms with van der Waals surface area (Å²) < 4.78 is 29.1. The second-order valence-corrected chi connectivity index (χ2v) is 7.56. The van der Waals surface area contributed by atoms with Crippen molar-refractivity contribution in [1.82, 2.24) is 0 Å². The zero-order chi connectivity index (χ0) is 20.1. The van der Waals surface area contributed by atoms with E-state index in [1.807, 2.05) is 18.2 Å². The number of aliphatic hydroxyl groups is 1. The molecule has 6 heteroatoms. The summed E-state index contributed by atoms with van der Waals surface area (Å²) in [6, 6.07) is 20.2. The van der Waals surface area contributed by atoms with Crippen molar-refractivity contribution in [1.29, 1.82) is 0 Å². The Hall–Kier alpha value is -2.62. The van der Waals surface area contributed by atoms with Gasteiger partial charge < -0.3 is 10.0 Å². The molecule has 3 aromatic rings. The zero-order valence-electron chi connectivity index (χ0n) is 15.1. The maximum Gasteiger partial charge on any atom is 0.295 e. The van der Waals surface area contributed by atoms with Crippen LogP contribution in [-0.2, 0) is 5.60 Å². The van der Waals surface area contributed by atoms with Gasteiger partial charge in [0.25, 0.3) is 11.6 Å². The second-order valence-electron chi connectivity index (χ2n) is 6.84. The molecule has 0 saturated heterocycles. The predicted octanol–water partition coefficient (Wildman–Crippen LogP) is 4.65. The standard InChI is InChI=1S/C22H18F2NO2P/c1-25(15-7-3-2-4-8-15)20(26)14-11-12-17-16-9-5-6-10-18(16)21(27,19(17)13-14)22(23,24)28/h2-13,27H,28H2,1H3. The molecule has 0 aliphatic heterocycles. The SMILES string of the molecule is CN(C(=O)c1ccc2c(c1)C(O)(C(F)(F)P)c1ccccc1-2)c1ccccc1. The number of rotatable bonds is 3. The minimum absolute atomic E-state index is 0.0287. The van der Waals surface area contributed by atoms with Gasteiger partial charge in [0.05, 0.1) is 0 Å². The third kappa shape index (κ3) is 2.66. The van der Waals surface area contributed by atoms with Gasteiger partial charge in [-0.25, -0.2) is 0 Å². The number of carbonyl (C=O) groups is 1. The Balaban J connectivity index is 1.84. The van der Waals surface area contributed by atoms with Gasteiger partial charge in [-0.3, -0.25) is 4.79 Å². The van der Waals surface area contributed by atoms with Crippen molar-refractivity contribution in [3.8, 4) is 11.1 Å². The van der Waals surface area contributed by atoms with Crippen molar-refractivity contribution in [3.63, 3.8) is 0 Å². The number of hydrogen-bond donors (Lipinski definition) is 1. The summed E-state index contributed by atoms with van der Waals surface area (Å²) in [5.74, 6) is -0.348. The molecule has 28 heavy (non-hydrogen) atoms. The first-order valence-electron chi connectivity index (χ1n) is 8.71. The Bertz CT molecular complexity index is 1070. The molecule has 0 spiro atoms. The molecule has 0 bridgehead atoms. The molecule has 1 aliphatic carbocycles. The van der Waals surface area contributed by atoms with Gasteiger partial charge in [0, 0.05) is 29.4 Å². The van der Waals surface area contributed by atoms with Crippen LogP contribution >= 0.6 is 9.24 Å². The first kappa shape index (κ1) is 18.7. The third-order valence-electron chi connectivity index (χ3n) is 5.19. The topological polar surface area (TPSA) is 40.5 Å². The number of fused-ring (bicyclic) bond motifs is 3. The van der Waals surface area contributed by atoms with Gasteiger partial charge in [0.15, 0.2) is 5.60 Å². The van der Waals surface area contributed by atoms with Crippen molar-refractivity contribution in [2.24, 2.45) is 0 Å². The summed E-state index contributed by atoms with van der Waals surface area (Å²) in [4.78, 5) is 14.4. The number of halogens is 2. The molecule has 0 radical (unpaired) electrons. The molecule has 2 atom stereocenters. The molecule has 0 aromatic heterocycles. The second kappa shape index (κ2) is 6.47.